The van der Waals surface area contributed by atoms with Crippen LogP contribution in [0.1, 0.15) is 50.5 Å². The van der Waals surface area contributed by atoms with Gasteiger partial charge in [0.25, 0.3) is 0 Å². The molecule has 0 saturated heterocycles. The maximum absolute atomic E-state index is 5.04. The Labute approximate surface area is 106 Å². The van der Waals surface area contributed by atoms with Gasteiger partial charge < -0.3 is 4.74 Å². The number of rotatable bonds is 8. The third-order valence-corrected chi connectivity index (χ3v) is 3.04. The summed E-state index contributed by atoms with van der Waals surface area (Å²) in [6, 6.07) is 10.7. The lowest BCUT2D eigenvalue weighted by Gasteiger charge is -2.12. The van der Waals surface area contributed by atoms with Crippen molar-refractivity contribution in [3.63, 3.8) is 0 Å². The second kappa shape index (κ2) is 8.86. The maximum Gasteiger partial charge on any atom is 0.0790 e. The van der Waals surface area contributed by atoms with Crippen molar-refractivity contribution in [2.45, 2.75) is 44.9 Å². The Hall–Kier alpha value is -1.24. The van der Waals surface area contributed by atoms with Crippen LogP contribution in [0.2, 0.25) is 0 Å². The Kier molecular flexibility index (Phi) is 7.20. The van der Waals surface area contributed by atoms with Crippen LogP contribution in [0.15, 0.2) is 42.7 Å². The van der Waals surface area contributed by atoms with E-state index in [0.29, 0.717) is 5.92 Å². The van der Waals surface area contributed by atoms with E-state index in [1.807, 2.05) is 0 Å². The van der Waals surface area contributed by atoms with Crippen molar-refractivity contribution in [2.75, 3.05) is 7.11 Å². The van der Waals surface area contributed by atoms with E-state index in [2.05, 4.69) is 43.3 Å². The van der Waals surface area contributed by atoms with Crippen LogP contribution >= 0.6 is 0 Å². The summed E-state index contributed by atoms with van der Waals surface area (Å²) in [7, 11) is 1.70. The molecule has 0 aliphatic carbocycles. The van der Waals surface area contributed by atoms with Crippen molar-refractivity contribution in [2.24, 2.45) is 0 Å². The molecule has 0 heterocycles. The number of allylic oxidation sites excluding steroid dienone is 1. The molecule has 0 N–H and O–H groups in total. The summed E-state index contributed by atoms with van der Waals surface area (Å²) in [5, 5.41) is 0. The van der Waals surface area contributed by atoms with Gasteiger partial charge in [-0.3, -0.25) is 0 Å². The summed E-state index contributed by atoms with van der Waals surface area (Å²) >= 11 is 0. The van der Waals surface area contributed by atoms with Crippen molar-refractivity contribution in [3.05, 3.63) is 48.2 Å². The summed E-state index contributed by atoms with van der Waals surface area (Å²) in [5.41, 5.74) is 1.39. The highest BCUT2D eigenvalue weighted by Crippen LogP contribution is 2.24. The lowest BCUT2D eigenvalue weighted by molar-refractivity contribution is 0.335. The topological polar surface area (TPSA) is 9.23 Å². The van der Waals surface area contributed by atoms with Crippen LogP contribution in [0.5, 0.6) is 0 Å². The second-order valence-electron chi connectivity index (χ2n) is 4.43. The van der Waals surface area contributed by atoms with Gasteiger partial charge >= 0.3 is 0 Å². The number of ether oxygens (including phenoxy) is 1. The summed E-state index contributed by atoms with van der Waals surface area (Å²) in [6.07, 6.45) is 10.4. The van der Waals surface area contributed by atoms with Crippen molar-refractivity contribution in [3.8, 4) is 0 Å². The molecule has 0 amide bonds. The smallest absolute Gasteiger partial charge is 0.0790 e. The molecule has 1 nitrogen and oxygen atoms in total. The van der Waals surface area contributed by atoms with Gasteiger partial charge in [-0.05, 0) is 18.1 Å². The van der Waals surface area contributed by atoms with Gasteiger partial charge in [0.1, 0.15) is 0 Å². The summed E-state index contributed by atoms with van der Waals surface area (Å²) in [5.74, 6) is 0.494. The monoisotopic (exact) mass is 232 g/mol. The number of hydrogen-bond donors (Lipinski definition) is 0. The van der Waals surface area contributed by atoms with Gasteiger partial charge in [-0.2, -0.15) is 0 Å². The van der Waals surface area contributed by atoms with E-state index in [4.69, 9.17) is 4.74 Å². The minimum atomic E-state index is 0.494. The molecular weight excluding hydrogens is 208 g/mol. The van der Waals surface area contributed by atoms with Crippen LogP contribution in [0, 0.1) is 0 Å². The predicted octanol–water partition coefficient (Wildman–Crippen LogP) is 4.90. The van der Waals surface area contributed by atoms with Gasteiger partial charge in [0.2, 0.25) is 0 Å². The van der Waals surface area contributed by atoms with Crippen molar-refractivity contribution < 1.29 is 4.74 Å². The first-order valence-corrected chi connectivity index (χ1v) is 6.63. The van der Waals surface area contributed by atoms with Crippen molar-refractivity contribution in [1.82, 2.24) is 0 Å². The fraction of sp³-hybridized carbons (Fsp3) is 0.500. The molecule has 1 atom stereocenters. The fourth-order valence-corrected chi connectivity index (χ4v) is 2.04. The summed E-state index contributed by atoms with van der Waals surface area (Å²) < 4.78 is 5.04. The Bertz CT molecular complexity index is 303. The van der Waals surface area contributed by atoms with E-state index in [9.17, 15) is 0 Å². The standard InChI is InChI=1S/C16H24O/c1-3-4-5-7-12-16(13-14-17-2)15-10-8-6-9-11-15/h6,8-11,13-14,16H,3-5,7,12H2,1-2H3. The zero-order chi connectivity index (χ0) is 12.3. The van der Waals surface area contributed by atoms with Gasteiger partial charge in [-0.1, -0.05) is 62.9 Å². The normalized spacial score (nSPS) is 12.8. The van der Waals surface area contributed by atoms with Gasteiger partial charge in [0, 0.05) is 5.92 Å². The molecule has 0 bridgehead atoms. The first kappa shape index (κ1) is 13.8. The highest BCUT2D eigenvalue weighted by Gasteiger charge is 2.07. The minimum Gasteiger partial charge on any atom is -0.505 e. The van der Waals surface area contributed by atoms with Gasteiger partial charge in [-0.15, -0.1) is 0 Å². The van der Waals surface area contributed by atoms with Gasteiger partial charge in [0.05, 0.1) is 13.4 Å². The SMILES string of the molecule is CCCCCCC(C=COC)c1ccccc1. The van der Waals surface area contributed by atoms with Gasteiger partial charge in [-0.25, -0.2) is 0 Å². The highest BCUT2D eigenvalue weighted by molar-refractivity contribution is 5.23. The Morgan fingerprint density at radius 1 is 1.12 bits per heavy atom. The van der Waals surface area contributed by atoms with Crippen LogP contribution in [0.25, 0.3) is 0 Å². The van der Waals surface area contributed by atoms with E-state index in [1.165, 1.54) is 37.7 Å². The molecule has 0 saturated carbocycles. The lowest BCUT2D eigenvalue weighted by Crippen LogP contribution is -1.95. The van der Waals surface area contributed by atoms with E-state index in [1.54, 1.807) is 13.4 Å². The molecule has 17 heavy (non-hydrogen) atoms. The molecule has 0 fully saturated rings. The quantitative estimate of drug-likeness (QED) is 0.457. The molecule has 0 aromatic heterocycles. The van der Waals surface area contributed by atoms with Gasteiger partial charge in [0.15, 0.2) is 0 Å². The highest BCUT2D eigenvalue weighted by atomic mass is 16.5. The molecule has 1 aromatic carbocycles. The zero-order valence-electron chi connectivity index (χ0n) is 11.1. The average molecular weight is 232 g/mol. The molecule has 0 radical (unpaired) electrons. The predicted molar refractivity (Wildman–Crippen MR) is 74.1 cm³/mol. The first-order chi connectivity index (χ1) is 8.38. The molecule has 1 heteroatoms. The van der Waals surface area contributed by atoms with Crippen LogP contribution in [-0.2, 0) is 4.74 Å². The molecule has 0 spiro atoms. The fourth-order valence-electron chi connectivity index (χ4n) is 2.04. The molecule has 1 rings (SSSR count). The van der Waals surface area contributed by atoms with E-state index < -0.39 is 0 Å². The minimum absolute atomic E-state index is 0.494. The van der Waals surface area contributed by atoms with E-state index in [0.717, 1.165) is 0 Å². The Morgan fingerprint density at radius 2 is 1.88 bits per heavy atom. The Balaban J connectivity index is 2.52. The van der Waals surface area contributed by atoms with E-state index in [-0.39, 0.29) is 0 Å². The number of hydrogen-bond acceptors (Lipinski definition) is 1. The molecule has 1 aromatic rings. The van der Waals surface area contributed by atoms with Crippen LogP contribution in [0.3, 0.4) is 0 Å². The van der Waals surface area contributed by atoms with Crippen molar-refractivity contribution >= 4 is 0 Å². The van der Waals surface area contributed by atoms with Crippen LogP contribution in [-0.4, -0.2) is 7.11 Å². The maximum atomic E-state index is 5.04. The molecule has 1 unspecified atom stereocenters. The van der Waals surface area contributed by atoms with Crippen molar-refractivity contribution in [1.29, 1.82) is 0 Å². The lowest BCUT2D eigenvalue weighted by atomic mass is 9.93. The molecular formula is C16H24O. The second-order valence-corrected chi connectivity index (χ2v) is 4.43. The largest absolute Gasteiger partial charge is 0.505 e. The number of unbranched alkanes of at least 4 members (excludes halogenated alkanes) is 3. The van der Waals surface area contributed by atoms with Crippen LogP contribution in [0.4, 0.5) is 0 Å². The molecule has 0 aliphatic rings. The van der Waals surface area contributed by atoms with Crippen LogP contribution < -0.4 is 0 Å². The number of methoxy groups -OCH3 is 1. The summed E-state index contributed by atoms with van der Waals surface area (Å²) in [4.78, 5) is 0. The third kappa shape index (κ3) is 5.58. The first-order valence-electron chi connectivity index (χ1n) is 6.63. The zero-order valence-corrected chi connectivity index (χ0v) is 11.1. The molecule has 0 aliphatic heterocycles. The summed E-state index contributed by atoms with van der Waals surface area (Å²) in [6.45, 7) is 2.25. The number of benzene rings is 1. The van der Waals surface area contributed by atoms with E-state index >= 15 is 0 Å². The average Bonchev–Trinajstić information content (AvgIpc) is 2.39. The Morgan fingerprint density at radius 3 is 2.53 bits per heavy atom. The third-order valence-electron chi connectivity index (χ3n) is 3.04. The molecule has 94 valence electrons.